The number of hydrogen-bond acceptors (Lipinski definition) is 7. The Morgan fingerprint density at radius 3 is 2.24 bits per heavy atom. The SMILES string of the molecule is C=C(C)C(=O)OCCCCOC(C)OCC12CC3CC(C1)CC(OCCC(F)(F)C(F)(F)S(=O)(=O)O)(C3)C2. The molecule has 0 radical (unpaired) electrons. The zero-order valence-electron chi connectivity index (χ0n) is 21.9. The van der Waals surface area contributed by atoms with E-state index in [0.717, 1.165) is 19.3 Å². The fraction of sp³-hybridized carbons (Fsp3) is 0.880. The molecule has 4 saturated carbocycles. The van der Waals surface area contributed by atoms with Crippen molar-refractivity contribution in [3.05, 3.63) is 12.2 Å². The highest BCUT2D eigenvalue weighted by atomic mass is 32.2. The van der Waals surface area contributed by atoms with Crippen LogP contribution in [-0.2, 0) is 33.9 Å². The molecule has 220 valence electrons. The summed E-state index contributed by atoms with van der Waals surface area (Å²) in [5.74, 6) is -4.79. The highest BCUT2D eigenvalue weighted by Gasteiger charge is 2.65. The summed E-state index contributed by atoms with van der Waals surface area (Å²) in [7, 11) is -6.27. The Labute approximate surface area is 221 Å². The molecule has 0 heterocycles. The van der Waals surface area contributed by atoms with Gasteiger partial charge in [0.05, 0.1) is 25.4 Å². The predicted octanol–water partition coefficient (Wildman–Crippen LogP) is 5.13. The van der Waals surface area contributed by atoms with Crippen LogP contribution in [0.1, 0.15) is 71.6 Å². The van der Waals surface area contributed by atoms with Crippen LogP contribution < -0.4 is 0 Å². The first-order chi connectivity index (χ1) is 17.5. The Bertz CT molecular complexity index is 956. The van der Waals surface area contributed by atoms with Crippen LogP contribution in [0.15, 0.2) is 12.2 Å². The minimum atomic E-state index is -6.27. The van der Waals surface area contributed by atoms with E-state index < -0.39 is 52.2 Å². The molecule has 8 nitrogen and oxygen atoms in total. The summed E-state index contributed by atoms with van der Waals surface area (Å²) >= 11 is 0. The van der Waals surface area contributed by atoms with Crippen molar-refractivity contribution < 1.29 is 54.3 Å². The summed E-state index contributed by atoms with van der Waals surface area (Å²) in [5.41, 5.74) is -0.640. The molecule has 4 aliphatic carbocycles. The summed E-state index contributed by atoms with van der Waals surface area (Å²) in [5, 5.41) is -5.59. The summed E-state index contributed by atoms with van der Waals surface area (Å²) in [4.78, 5) is 11.4. The molecule has 3 unspecified atom stereocenters. The molecule has 0 aromatic heterocycles. The molecule has 1 N–H and O–H groups in total. The molecular weight excluding hydrogens is 536 g/mol. The van der Waals surface area contributed by atoms with Crippen molar-refractivity contribution in [1.29, 1.82) is 0 Å². The number of carbonyl (C=O) groups is 1. The second-order valence-corrected chi connectivity index (χ2v) is 12.8. The summed E-state index contributed by atoms with van der Waals surface area (Å²) in [6, 6.07) is 0. The summed E-state index contributed by atoms with van der Waals surface area (Å²) in [6.45, 7) is 7.20. The van der Waals surface area contributed by atoms with Crippen LogP contribution in [0.2, 0.25) is 0 Å². The lowest BCUT2D eigenvalue weighted by molar-refractivity contribution is -0.234. The summed E-state index contributed by atoms with van der Waals surface area (Å²) in [6.07, 6.45) is 3.87. The van der Waals surface area contributed by atoms with Crippen molar-refractivity contribution >= 4 is 16.1 Å². The van der Waals surface area contributed by atoms with E-state index in [1.807, 2.05) is 0 Å². The van der Waals surface area contributed by atoms with Gasteiger partial charge in [-0.25, -0.2) is 4.79 Å². The molecule has 0 saturated heterocycles. The van der Waals surface area contributed by atoms with E-state index in [1.165, 1.54) is 0 Å². The molecule has 3 atom stereocenters. The average molecular weight is 575 g/mol. The van der Waals surface area contributed by atoms with E-state index in [1.54, 1.807) is 13.8 Å². The van der Waals surface area contributed by atoms with Gasteiger partial charge in [-0.3, -0.25) is 4.55 Å². The Morgan fingerprint density at radius 1 is 1.05 bits per heavy atom. The predicted molar refractivity (Wildman–Crippen MR) is 128 cm³/mol. The lowest BCUT2D eigenvalue weighted by Crippen LogP contribution is -2.58. The molecule has 4 rings (SSSR count). The Hall–Kier alpha value is -1.28. The third-order valence-electron chi connectivity index (χ3n) is 7.80. The van der Waals surface area contributed by atoms with Crippen molar-refractivity contribution in [2.75, 3.05) is 26.4 Å². The van der Waals surface area contributed by atoms with Gasteiger partial charge in [0.25, 0.3) is 0 Å². The molecule has 38 heavy (non-hydrogen) atoms. The first kappa shape index (κ1) is 31.3. The Balaban J connectivity index is 1.46. The number of alkyl halides is 4. The number of unbranched alkanes of at least 4 members (excludes halogenated alkanes) is 1. The van der Waals surface area contributed by atoms with Crippen molar-refractivity contribution in [3.63, 3.8) is 0 Å². The van der Waals surface area contributed by atoms with Gasteiger partial charge < -0.3 is 18.9 Å². The largest absolute Gasteiger partial charge is 0.462 e. The van der Waals surface area contributed by atoms with E-state index in [0.29, 0.717) is 62.7 Å². The van der Waals surface area contributed by atoms with Crippen molar-refractivity contribution in [2.24, 2.45) is 17.3 Å². The minimum Gasteiger partial charge on any atom is -0.462 e. The van der Waals surface area contributed by atoms with Crippen LogP contribution in [0.3, 0.4) is 0 Å². The van der Waals surface area contributed by atoms with Crippen molar-refractivity contribution in [1.82, 2.24) is 0 Å². The van der Waals surface area contributed by atoms with Gasteiger partial charge in [0, 0.05) is 18.6 Å². The number of hydrogen-bond donors (Lipinski definition) is 1. The van der Waals surface area contributed by atoms with E-state index in [4.69, 9.17) is 23.5 Å². The first-order valence-corrected chi connectivity index (χ1v) is 14.4. The van der Waals surface area contributed by atoms with Crippen LogP contribution in [0.4, 0.5) is 17.6 Å². The highest BCUT2D eigenvalue weighted by molar-refractivity contribution is 7.87. The first-order valence-electron chi connectivity index (χ1n) is 12.9. The van der Waals surface area contributed by atoms with Crippen LogP contribution in [0, 0.1) is 17.3 Å². The molecular formula is C25H38F4O8S. The Kier molecular flexibility index (Phi) is 9.60. The van der Waals surface area contributed by atoms with Gasteiger partial charge in [-0.1, -0.05) is 6.58 Å². The fourth-order valence-corrected chi connectivity index (χ4v) is 7.00. The lowest BCUT2D eigenvalue weighted by atomic mass is 9.48. The molecule has 4 aliphatic rings. The number of rotatable bonds is 16. The molecule has 4 bridgehead atoms. The lowest BCUT2D eigenvalue weighted by Gasteiger charge is -2.61. The molecule has 4 fully saturated rings. The maximum atomic E-state index is 14.0. The molecule has 0 aromatic carbocycles. The molecule has 0 spiro atoms. The number of halogens is 4. The molecule has 0 amide bonds. The number of ether oxygens (including phenoxy) is 4. The van der Waals surface area contributed by atoms with Crippen LogP contribution in [0.5, 0.6) is 0 Å². The Morgan fingerprint density at radius 2 is 1.66 bits per heavy atom. The van der Waals surface area contributed by atoms with E-state index in [9.17, 15) is 30.8 Å². The quantitative estimate of drug-likeness (QED) is 0.0676. The van der Waals surface area contributed by atoms with Crippen molar-refractivity contribution in [2.45, 2.75) is 94.7 Å². The summed E-state index contributed by atoms with van der Waals surface area (Å²) < 4.78 is 108. The van der Waals surface area contributed by atoms with Crippen LogP contribution >= 0.6 is 0 Å². The van der Waals surface area contributed by atoms with Crippen LogP contribution in [0.25, 0.3) is 0 Å². The zero-order chi connectivity index (χ0) is 28.4. The molecule has 0 aliphatic heterocycles. The highest BCUT2D eigenvalue weighted by Crippen LogP contribution is 2.63. The minimum absolute atomic E-state index is 0.237. The second-order valence-electron chi connectivity index (χ2n) is 11.3. The zero-order valence-corrected chi connectivity index (χ0v) is 22.7. The van der Waals surface area contributed by atoms with E-state index in [-0.39, 0.29) is 12.0 Å². The molecule has 13 heteroatoms. The monoisotopic (exact) mass is 574 g/mol. The van der Waals surface area contributed by atoms with E-state index in [2.05, 4.69) is 6.58 Å². The normalized spacial score (nSPS) is 29.9. The average Bonchev–Trinajstić information content (AvgIpc) is 2.77. The maximum Gasteiger partial charge on any atom is 0.431 e. The third kappa shape index (κ3) is 7.26. The number of carbonyl (C=O) groups excluding carboxylic acids is 1. The van der Waals surface area contributed by atoms with E-state index >= 15 is 0 Å². The molecule has 0 aromatic rings. The smallest absolute Gasteiger partial charge is 0.431 e. The second kappa shape index (κ2) is 11.7. The standard InChI is InChI=1S/C25H38F4O8S/c1-17(2)21(30)35-8-5-4-7-34-18(3)36-16-22-11-19-10-20(12-22)14-23(13-19,15-22)37-9-6-24(26,27)25(28,29)38(31,32)33/h18-20H,1,4-16H2,2-3H3,(H,31,32,33). The van der Waals surface area contributed by atoms with Gasteiger partial charge >= 0.3 is 27.3 Å². The maximum absolute atomic E-state index is 14.0. The number of esters is 1. The van der Waals surface area contributed by atoms with Gasteiger partial charge in [0.2, 0.25) is 0 Å². The topological polar surface area (TPSA) is 108 Å². The fourth-order valence-electron chi connectivity index (χ4n) is 6.52. The van der Waals surface area contributed by atoms with Gasteiger partial charge in [-0.15, -0.1) is 0 Å². The van der Waals surface area contributed by atoms with Crippen LogP contribution in [-0.4, -0.2) is 68.4 Å². The van der Waals surface area contributed by atoms with Gasteiger partial charge in [-0.05, 0) is 82.5 Å². The van der Waals surface area contributed by atoms with Gasteiger partial charge in [-0.2, -0.15) is 26.0 Å². The van der Waals surface area contributed by atoms with Gasteiger partial charge in [0.1, 0.15) is 0 Å². The van der Waals surface area contributed by atoms with Crippen molar-refractivity contribution in [3.8, 4) is 0 Å². The van der Waals surface area contributed by atoms with Gasteiger partial charge in [0.15, 0.2) is 6.29 Å². The third-order valence-corrected chi connectivity index (χ3v) is 8.75.